The quantitative estimate of drug-likeness (QED) is 0.738. The Labute approximate surface area is 165 Å². The molecule has 2 N–H and O–H groups in total. The summed E-state index contributed by atoms with van der Waals surface area (Å²) in [5.41, 5.74) is 0.673. The molecule has 0 aliphatic carbocycles. The average molecular weight is 408 g/mol. The molecule has 27 heavy (non-hydrogen) atoms. The maximum Gasteiger partial charge on any atom is 0.353 e. The molecule has 1 aromatic rings. The lowest BCUT2D eigenvalue weighted by molar-refractivity contribution is -0.160. The van der Waals surface area contributed by atoms with E-state index in [2.05, 4.69) is 5.32 Å². The molecule has 0 bridgehead atoms. The second kappa shape index (κ2) is 6.85. The highest BCUT2D eigenvalue weighted by atomic mass is 35.5. The van der Waals surface area contributed by atoms with Crippen molar-refractivity contribution in [1.82, 2.24) is 15.1 Å². The van der Waals surface area contributed by atoms with Gasteiger partial charge in [-0.2, -0.15) is 0 Å². The molecule has 2 fully saturated rings. The summed E-state index contributed by atoms with van der Waals surface area (Å²) in [5, 5.41) is 12.4. The Morgan fingerprint density at radius 3 is 2.63 bits per heavy atom. The van der Waals surface area contributed by atoms with Gasteiger partial charge in [0.25, 0.3) is 5.91 Å². The molecule has 0 aromatic heterocycles. The SMILES string of the molecule is CCC1NC(c2ccccc2)C(=O)N1[C@@H]1C(=O)N2C(C(=O)O)=C(Cl)CS[C@H]12. The van der Waals surface area contributed by atoms with E-state index in [0.717, 1.165) is 5.56 Å². The van der Waals surface area contributed by atoms with Crippen LogP contribution in [0.1, 0.15) is 24.9 Å². The molecule has 3 aliphatic rings. The summed E-state index contributed by atoms with van der Waals surface area (Å²) in [4.78, 5) is 40.3. The molecule has 9 heteroatoms. The van der Waals surface area contributed by atoms with Crippen LogP contribution in [0.5, 0.6) is 0 Å². The highest BCUT2D eigenvalue weighted by molar-refractivity contribution is 8.00. The van der Waals surface area contributed by atoms with Gasteiger partial charge in [-0.15, -0.1) is 11.8 Å². The maximum absolute atomic E-state index is 13.1. The zero-order chi connectivity index (χ0) is 19.3. The van der Waals surface area contributed by atoms with Gasteiger partial charge in [0.1, 0.15) is 23.2 Å². The third-order valence-corrected chi connectivity index (χ3v) is 6.85. The Morgan fingerprint density at radius 1 is 1.30 bits per heavy atom. The van der Waals surface area contributed by atoms with Gasteiger partial charge in [0.15, 0.2) is 0 Å². The van der Waals surface area contributed by atoms with Crippen LogP contribution in [0.3, 0.4) is 0 Å². The molecule has 7 nitrogen and oxygen atoms in total. The summed E-state index contributed by atoms with van der Waals surface area (Å²) < 4.78 is 0. The number of carboxylic acid groups (broad SMARTS) is 1. The normalized spacial score (nSPS) is 30.4. The summed E-state index contributed by atoms with van der Waals surface area (Å²) >= 11 is 7.41. The topological polar surface area (TPSA) is 90.0 Å². The number of carbonyl (C=O) groups is 3. The van der Waals surface area contributed by atoms with E-state index < -0.39 is 29.3 Å². The van der Waals surface area contributed by atoms with Gasteiger partial charge in [0.05, 0.1) is 11.2 Å². The zero-order valence-electron chi connectivity index (χ0n) is 14.5. The number of β-lactam (4-membered cyclic amide) rings is 1. The number of hydrogen-bond acceptors (Lipinski definition) is 5. The number of nitrogens with zero attached hydrogens (tertiary/aromatic N) is 2. The summed E-state index contributed by atoms with van der Waals surface area (Å²) in [7, 11) is 0. The number of amides is 2. The van der Waals surface area contributed by atoms with Crippen molar-refractivity contribution in [3.63, 3.8) is 0 Å². The van der Waals surface area contributed by atoms with Crippen molar-refractivity contribution < 1.29 is 19.5 Å². The van der Waals surface area contributed by atoms with Crippen molar-refractivity contribution in [3.8, 4) is 0 Å². The second-order valence-electron chi connectivity index (χ2n) is 6.59. The van der Waals surface area contributed by atoms with Crippen molar-refractivity contribution in [2.75, 3.05) is 5.75 Å². The van der Waals surface area contributed by atoms with Crippen molar-refractivity contribution >= 4 is 41.1 Å². The number of carboxylic acids is 1. The first-order valence-corrected chi connectivity index (χ1v) is 10.1. The molecule has 2 amide bonds. The summed E-state index contributed by atoms with van der Waals surface area (Å²) in [6.07, 6.45) is 0.354. The van der Waals surface area contributed by atoms with E-state index in [0.29, 0.717) is 12.2 Å². The van der Waals surface area contributed by atoms with Crippen LogP contribution < -0.4 is 5.32 Å². The number of fused-ring (bicyclic) bond motifs is 1. The van der Waals surface area contributed by atoms with E-state index >= 15 is 0 Å². The zero-order valence-corrected chi connectivity index (χ0v) is 16.0. The maximum atomic E-state index is 13.1. The van der Waals surface area contributed by atoms with Gasteiger partial charge in [-0.1, -0.05) is 48.9 Å². The van der Waals surface area contributed by atoms with Crippen molar-refractivity contribution in [2.45, 2.75) is 37.0 Å². The van der Waals surface area contributed by atoms with Crippen molar-refractivity contribution in [3.05, 3.63) is 46.6 Å². The van der Waals surface area contributed by atoms with E-state index in [4.69, 9.17) is 11.6 Å². The first kappa shape index (κ1) is 18.3. The van der Waals surface area contributed by atoms with Gasteiger partial charge >= 0.3 is 5.97 Å². The lowest BCUT2D eigenvalue weighted by atomic mass is 10.0. The Morgan fingerprint density at radius 2 is 2.00 bits per heavy atom. The minimum Gasteiger partial charge on any atom is -0.477 e. The fraction of sp³-hybridized carbons (Fsp3) is 0.389. The molecule has 2 unspecified atom stereocenters. The van der Waals surface area contributed by atoms with Crippen molar-refractivity contribution in [2.24, 2.45) is 0 Å². The number of aliphatic carboxylic acids is 1. The summed E-state index contributed by atoms with van der Waals surface area (Å²) in [6.45, 7) is 1.94. The molecule has 3 aliphatic heterocycles. The Balaban J connectivity index is 1.63. The molecule has 1 aromatic carbocycles. The molecule has 142 valence electrons. The van der Waals surface area contributed by atoms with Crippen LogP contribution in [-0.4, -0.2) is 56.0 Å². The minimum atomic E-state index is -1.22. The van der Waals surface area contributed by atoms with Gasteiger partial charge in [-0.3, -0.25) is 19.8 Å². The molecule has 0 radical (unpaired) electrons. The number of hydrogen-bond donors (Lipinski definition) is 2. The van der Waals surface area contributed by atoms with E-state index in [1.807, 2.05) is 37.3 Å². The molecule has 4 atom stereocenters. The first-order chi connectivity index (χ1) is 13.0. The molecule has 0 spiro atoms. The van der Waals surface area contributed by atoms with Gasteiger partial charge in [-0.25, -0.2) is 4.79 Å². The summed E-state index contributed by atoms with van der Waals surface area (Å²) in [6, 6.07) is 8.17. The van der Waals surface area contributed by atoms with Crippen LogP contribution in [0.25, 0.3) is 0 Å². The standard InChI is InChI=1S/C18H18ClN3O4S/c1-2-11-20-12(9-6-4-3-5-7-9)15(23)21(11)14-16(24)22-13(18(25)26)10(19)8-27-17(14)22/h3-7,11-12,14,17,20H,2,8H2,1H3,(H,25,26)/t11?,12?,14-,17-/m1/s1. The van der Waals surface area contributed by atoms with Crippen LogP contribution in [-0.2, 0) is 14.4 Å². The van der Waals surface area contributed by atoms with Gasteiger partial charge in [0.2, 0.25) is 5.91 Å². The lowest BCUT2D eigenvalue weighted by Crippen LogP contribution is -2.72. The van der Waals surface area contributed by atoms with Crippen LogP contribution in [0, 0.1) is 0 Å². The highest BCUT2D eigenvalue weighted by Crippen LogP contribution is 2.45. The minimum absolute atomic E-state index is 0.149. The van der Waals surface area contributed by atoms with Gasteiger partial charge in [0, 0.05) is 5.75 Å². The van der Waals surface area contributed by atoms with Crippen molar-refractivity contribution in [1.29, 1.82) is 0 Å². The number of carbonyl (C=O) groups excluding carboxylic acids is 2. The molecular weight excluding hydrogens is 390 g/mol. The largest absolute Gasteiger partial charge is 0.477 e. The molecular formula is C18H18ClN3O4S. The molecule has 0 saturated carbocycles. The Bertz CT molecular complexity index is 846. The third kappa shape index (κ3) is 2.74. The number of benzene rings is 1. The van der Waals surface area contributed by atoms with Crippen LogP contribution in [0.15, 0.2) is 41.1 Å². The number of nitrogens with one attached hydrogen (secondary N) is 1. The first-order valence-electron chi connectivity index (χ1n) is 8.65. The van der Waals surface area contributed by atoms with E-state index in [9.17, 15) is 19.5 Å². The average Bonchev–Trinajstić information content (AvgIpc) is 2.98. The fourth-order valence-corrected chi connectivity index (χ4v) is 5.46. The smallest absolute Gasteiger partial charge is 0.353 e. The highest BCUT2D eigenvalue weighted by Gasteiger charge is 2.60. The predicted octanol–water partition coefficient (Wildman–Crippen LogP) is 1.71. The van der Waals surface area contributed by atoms with Gasteiger partial charge < -0.3 is 10.0 Å². The summed E-state index contributed by atoms with van der Waals surface area (Å²) in [5.74, 6) is -1.48. The Hall–Kier alpha value is -2.03. The number of rotatable bonds is 4. The van der Waals surface area contributed by atoms with Crippen LogP contribution in [0.2, 0.25) is 0 Å². The van der Waals surface area contributed by atoms with E-state index in [-0.39, 0.29) is 22.8 Å². The predicted molar refractivity (Wildman–Crippen MR) is 101 cm³/mol. The monoisotopic (exact) mass is 407 g/mol. The third-order valence-electron chi connectivity index (χ3n) is 5.11. The van der Waals surface area contributed by atoms with E-state index in [1.54, 1.807) is 4.90 Å². The van der Waals surface area contributed by atoms with Gasteiger partial charge in [-0.05, 0) is 12.0 Å². The lowest BCUT2D eigenvalue weighted by Gasteiger charge is -2.52. The van der Waals surface area contributed by atoms with Crippen LogP contribution >= 0.6 is 23.4 Å². The second-order valence-corrected chi connectivity index (χ2v) is 8.15. The number of thioether (sulfide) groups is 1. The molecule has 4 rings (SSSR count). The van der Waals surface area contributed by atoms with Crippen LogP contribution in [0.4, 0.5) is 0 Å². The Kier molecular flexibility index (Phi) is 4.65. The molecule has 3 heterocycles. The number of halogens is 1. The molecule has 2 saturated heterocycles. The fourth-order valence-electron chi connectivity index (χ4n) is 3.86. The van der Waals surface area contributed by atoms with E-state index in [1.165, 1.54) is 16.7 Å².